The van der Waals surface area contributed by atoms with E-state index in [9.17, 15) is 9.59 Å². The highest BCUT2D eigenvalue weighted by Gasteiger charge is 2.26. The minimum atomic E-state index is -0.262. The molecular formula is C24H30N4O3. The van der Waals surface area contributed by atoms with Gasteiger partial charge in [-0.3, -0.25) is 14.5 Å². The van der Waals surface area contributed by atoms with Crippen molar-refractivity contribution in [3.8, 4) is 0 Å². The zero-order chi connectivity index (χ0) is 21.7. The van der Waals surface area contributed by atoms with Gasteiger partial charge in [-0.05, 0) is 37.0 Å². The first-order valence-electron chi connectivity index (χ1n) is 10.8. The Labute approximate surface area is 183 Å². The Hall–Kier alpha value is -3.03. The molecule has 2 amide bonds. The van der Waals surface area contributed by atoms with Crippen LogP contribution in [-0.2, 0) is 9.53 Å². The Morgan fingerprint density at radius 3 is 2.39 bits per heavy atom. The van der Waals surface area contributed by atoms with Gasteiger partial charge in [0.25, 0.3) is 11.8 Å². The van der Waals surface area contributed by atoms with Crippen molar-refractivity contribution in [2.24, 2.45) is 5.10 Å². The summed E-state index contributed by atoms with van der Waals surface area (Å²) in [6.07, 6.45) is 3.98. The Morgan fingerprint density at radius 1 is 1.00 bits per heavy atom. The van der Waals surface area contributed by atoms with Crippen molar-refractivity contribution in [3.63, 3.8) is 0 Å². The minimum Gasteiger partial charge on any atom is -0.379 e. The van der Waals surface area contributed by atoms with Gasteiger partial charge in [0.1, 0.15) is 0 Å². The molecule has 1 saturated heterocycles. The number of amides is 2. The highest BCUT2D eigenvalue weighted by Crippen LogP contribution is 2.12. The predicted molar refractivity (Wildman–Crippen MR) is 121 cm³/mol. The molecule has 1 heterocycles. The Balaban J connectivity index is 1.46. The molecule has 0 aromatic heterocycles. The molecule has 1 unspecified atom stereocenters. The van der Waals surface area contributed by atoms with Crippen LogP contribution in [0.2, 0.25) is 0 Å². The molecule has 0 spiro atoms. The smallest absolute Gasteiger partial charge is 0.257 e. The third-order valence-electron chi connectivity index (χ3n) is 5.20. The van der Waals surface area contributed by atoms with Gasteiger partial charge in [-0.1, -0.05) is 48.5 Å². The number of nitrogens with zero attached hydrogens (tertiary/aromatic N) is 2. The van der Waals surface area contributed by atoms with Gasteiger partial charge in [0.05, 0.1) is 25.5 Å². The molecule has 7 heteroatoms. The second-order valence-corrected chi connectivity index (χ2v) is 7.43. The van der Waals surface area contributed by atoms with E-state index in [1.54, 1.807) is 18.3 Å². The summed E-state index contributed by atoms with van der Waals surface area (Å²) >= 11 is 0. The molecule has 0 aliphatic carbocycles. The summed E-state index contributed by atoms with van der Waals surface area (Å²) in [7, 11) is 0. The van der Waals surface area contributed by atoms with E-state index in [1.807, 2.05) is 48.5 Å². The fraction of sp³-hybridized carbons (Fsp3) is 0.375. The lowest BCUT2D eigenvalue weighted by Gasteiger charge is -2.33. The number of ether oxygens (including phenoxy) is 1. The zero-order valence-corrected chi connectivity index (χ0v) is 17.7. The van der Waals surface area contributed by atoms with Gasteiger partial charge in [0.2, 0.25) is 0 Å². The van der Waals surface area contributed by atoms with Gasteiger partial charge in [0, 0.05) is 25.2 Å². The third kappa shape index (κ3) is 7.62. The van der Waals surface area contributed by atoms with Crippen LogP contribution in [0.5, 0.6) is 0 Å². The number of hydrogen-bond donors (Lipinski definition) is 2. The monoisotopic (exact) mass is 422 g/mol. The summed E-state index contributed by atoms with van der Waals surface area (Å²) in [5.74, 6) is -0.180. The van der Waals surface area contributed by atoms with Crippen LogP contribution in [0.15, 0.2) is 65.8 Å². The quantitative estimate of drug-likeness (QED) is 0.350. The largest absolute Gasteiger partial charge is 0.379 e. The minimum absolute atomic E-state index is 0.0710. The topological polar surface area (TPSA) is 83.0 Å². The van der Waals surface area contributed by atoms with Crippen LogP contribution >= 0.6 is 0 Å². The molecule has 1 atom stereocenters. The number of carbonyl (C=O) groups excluding carboxylic acids is 2. The number of hydrazone groups is 1. The lowest BCUT2D eigenvalue weighted by Crippen LogP contribution is -2.50. The fourth-order valence-electron chi connectivity index (χ4n) is 3.51. The summed E-state index contributed by atoms with van der Waals surface area (Å²) in [6, 6.07) is 18.6. The molecule has 7 nitrogen and oxygen atoms in total. The predicted octanol–water partition coefficient (Wildman–Crippen LogP) is 2.44. The van der Waals surface area contributed by atoms with Crippen LogP contribution in [0.4, 0.5) is 0 Å². The normalized spacial score (nSPS) is 15.5. The fourth-order valence-corrected chi connectivity index (χ4v) is 3.51. The molecule has 1 fully saturated rings. The number of unbranched alkanes of at least 4 members (excludes halogenated alkanes) is 1. The van der Waals surface area contributed by atoms with Crippen molar-refractivity contribution in [2.45, 2.75) is 25.3 Å². The van der Waals surface area contributed by atoms with Crippen molar-refractivity contribution in [1.29, 1.82) is 0 Å². The van der Waals surface area contributed by atoms with Crippen LogP contribution in [0.1, 0.15) is 35.2 Å². The second kappa shape index (κ2) is 12.6. The molecule has 31 heavy (non-hydrogen) atoms. The average molecular weight is 423 g/mol. The molecular weight excluding hydrogens is 392 g/mol. The van der Waals surface area contributed by atoms with Crippen molar-refractivity contribution in [3.05, 3.63) is 71.8 Å². The van der Waals surface area contributed by atoms with Crippen LogP contribution in [-0.4, -0.2) is 61.8 Å². The number of morpholine rings is 1. The molecule has 164 valence electrons. The van der Waals surface area contributed by atoms with Gasteiger partial charge in [0.15, 0.2) is 0 Å². The standard InChI is InChI=1S/C24H30N4O3/c29-23(21-11-5-2-6-12-21)25-14-8-7-13-22(28-15-17-31-18-16-28)24(30)27-26-19-20-9-3-1-4-10-20/h1-6,9-12,19,22H,7-8,13-18H2,(H,25,29)(H,27,30)/b26-19+. The van der Waals surface area contributed by atoms with Crippen LogP contribution in [0.3, 0.4) is 0 Å². The van der Waals surface area contributed by atoms with Crippen molar-refractivity contribution in [1.82, 2.24) is 15.6 Å². The van der Waals surface area contributed by atoms with E-state index in [1.165, 1.54) is 0 Å². The molecule has 0 saturated carbocycles. The maximum Gasteiger partial charge on any atom is 0.257 e. The summed E-state index contributed by atoms with van der Waals surface area (Å²) in [5, 5.41) is 7.06. The average Bonchev–Trinajstić information content (AvgIpc) is 2.83. The van der Waals surface area contributed by atoms with Crippen molar-refractivity contribution in [2.75, 3.05) is 32.8 Å². The molecule has 2 aromatic carbocycles. The highest BCUT2D eigenvalue weighted by atomic mass is 16.5. The molecule has 0 bridgehead atoms. The molecule has 2 aromatic rings. The van der Waals surface area contributed by atoms with Gasteiger partial charge >= 0.3 is 0 Å². The lowest BCUT2D eigenvalue weighted by atomic mass is 10.1. The summed E-state index contributed by atoms with van der Waals surface area (Å²) < 4.78 is 5.43. The van der Waals surface area contributed by atoms with Gasteiger partial charge in [-0.15, -0.1) is 0 Å². The third-order valence-corrected chi connectivity index (χ3v) is 5.20. The van der Waals surface area contributed by atoms with E-state index in [0.29, 0.717) is 31.7 Å². The Bertz CT molecular complexity index is 836. The zero-order valence-electron chi connectivity index (χ0n) is 17.7. The Morgan fingerprint density at radius 2 is 1.68 bits per heavy atom. The number of rotatable bonds is 10. The maximum atomic E-state index is 12.8. The van der Waals surface area contributed by atoms with E-state index in [2.05, 4.69) is 20.7 Å². The number of hydrogen-bond acceptors (Lipinski definition) is 5. The van der Waals surface area contributed by atoms with E-state index in [-0.39, 0.29) is 17.9 Å². The number of benzene rings is 2. The second-order valence-electron chi connectivity index (χ2n) is 7.43. The van der Waals surface area contributed by atoms with E-state index in [0.717, 1.165) is 31.5 Å². The van der Waals surface area contributed by atoms with Gasteiger partial charge in [-0.2, -0.15) is 5.10 Å². The maximum absolute atomic E-state index is 12.8. The molecule has 1 aliphatic rings. The van der Waals surface area contributed by atoms with Crippen LogP contribution < -0.4 is 10.7 Å². The molecule has 1 aliphatic heterocycles. The van der Waals surface area contributed by atoms with E-state index >= 15 is 0 Å². The first-order chi connectivity index (χ1) is 15.2. The molecule has 0 radical (unpaired) electrons. The van der Waals surface area contributed by atoms with E-state index < -0.39 is 0 Å². The number of carbonyl (C=O) groups is 2. The van der Waals surface area contributed by atoms with Crippen molar-refractivity contribution >= 4 is 18.0 Å². The number of nitrogens with one attached hydrogen (secondary N) is 2. The summed E-state index contributed by atoms with van der Waals surface area (Å²) in [4.78, 5) is 27.1. The summed E-state index contributed by atoms with van der Waals surface area (Å²) in [6.45, 7) is 3.29. The SMILES string of the molecule is O=C(NCCCCC(C(=O)N/N=C/c1ccccc1)N1CCOCC1)c1ccccc1. The molecule has 3 rings (SSSR count). The van der Waals surface area contributed by atoms with Gasteiger partial charge < -0.3 is 10.1 Å². The van der Waals surface area contributed by atoms with Crippen LogP contribution in [0.25, 0.3) is 0 Å². The van der Waals surface area contributed by atoms with E-state index in [4.69, 9.17) is 4.74 Å². The first-order valence-corrected chi connectivity index (χ1v) is 10.8. The van der Waals surface area contributed by atoms with Crippen molar-refractivity contribution < 1.29 is 14.3 Å². The lowest BCUT2D eigenvalue weighted by molar-refractivity contribution is -0.128. The molecule has 2 N–H and O–H groups in total. The first kappa shape index (κ1) is 22.7. The Kier molecular flexibility index (Phi) is 9.22. The summed E-state index contributed by atoms with van der Waals surface area (Å²) in [5.41, 5.74) is 4.27. The van der Waals surface area contributed by atoms with Gasteiger partial charge in [-0.25, -0.2) is 5.43 Å². The van der Waals surface area contributed by atoms with Crippen LogP contribution in [0, 0.1) is 0 Å². The highest BCUT2D eigenvalue weighted by molar-refractivity contribution is 5.94.